The molecule has 144 valence electrons. The van der Waals surface area contributed by atoms with Gasteiger partial charge in [0.1, 0.15) is 11.6 Å². The molecule has 0 saturated heterocycles. The molecule has 8 nitrogen and oxygen atoms in total. The van der Waals surface area contributed by atoms with Crippen molar-refractivity contribution in [2.24, 2.45) is 24.6 Å². The standard InChI is InChI=1S/C17H25N3O5S/c1-11(21)5-13(16(23)24)9-26-17(25)12(7-15(22)3-4-18)6-14-8-19-10-20(14)2/h8,10,12-13H,3-7,9,18H2,1-2H3,(H,23,24)/t12-,13?/m1/s1. The molecule has 0 amide bonds. The molecule has 1 unspecified atom stereocenters. The first-order chi connectivity index (χ1) is 12.2. The Labute approximate surface area is 156 Å². The zero-order valence-electron chi connectivity index (χ0n) is 15.0. The van der Waals surface area contributed by atoms with Gasteiger partial charge in [0.25, 0.3) is 0 Å². The number of aliphatic carboxylic acids is 1. The number of carbonyl (C=O) groups excluding carboxylic acids is 3. The van der Waals surface area contributed by atoms with Crippen LogP contribution in [0.15, 0.2) is 12.5 Å². The van der Waals surface area contributed by atoms with E-state index in [0.29, 0.717) is 6.42 Å². The molecule has 1 aromatic rings. The third-order valence-corrected chi connectivity index (χ3v) is 5.10. The molecule has 0 bridgehead atoms. The molecule has 1 aromatic heterocycles. The summed E-state index contributed by atoms with van der Waals surface area (Å²) in [7, 11) is 1.80. The third kappa shape index (κ3) is 7.49. The van der Waals surface area contributed by atoms with Crippen molar-refractivity contribution in [1.29, 1.82) is 0 Å². The number of nitrogens with zero attached hydrogens (tertiary/aromatic N) is 2. The van der Waals surface area contributed by atoms with Gasteiger partial charge < -0.3 is 20.2 Å². The number of carboxylic acid groups (broad SMARTS) is 1. The van der Waals surface area contributed by atoms with Gasteiger partial charge in [-0.15, -0.1) is 0 Å². The van der Waals surface area contributed by atoms with Crippen LogP contribution in [0.1, 0.15) is 31.9 Å². The number of hydrogen-bond donors (Lipinski definition) is 2. The molecule has 0 saturated carbocycles. The number of Topliss-reactive ketones (excluding diaryl/α,β-unsaturated/α-hetero) is 2. The highest BCUT2D eigenvalue weighted by atomic mass is 32.2. The Morgan fingerprint density at radius 1 is 1.27 bits per heavy atom. The Balaban J connectivity index is 2.78. The molecule has 0 spiro atoms. The quantitative estimate of drug-likeness (QED) is 0.542. The van der Waals surface area contributed by atoms with Crippen LogP contribution in [0.4, 0.5) is 0 Å². The molecular formula is C17H25N3O5S. The molecule has 9 heteroatoms. The minimum absolute atomic E-state index is 0.000707. The maximum Gasteiger partial charge on any atom is 0.307 e. The topological polar surface area (TPSA) is 132 Å². The fourth-order valence-corrected chi connectivity index (χ4v) is 3.50. The number of ketones is 2. The average molecular weight is 383 g/mol. The van der Waals surface area contributed by atoms with Crippen LogP contribution in [0, 0.1) is 11.8 Å². The van der Waals surface area contributed by atoms with Gasteiger partial charge >= 0.3 is 5.97 Å². The second-order valence-corrected chi connectivity index (χ2v) is 7.27. The Kier molecular flexibility index (Phi) is 9.22. The highest BCUT2D eigenvalue weighted by Gasteiger charge is 2.27. The average Bonchev–Trinajstić information content (AvgIpc) is 2.95. The molecule has 26 heavy (non-hydrogen) atoms. The van der Waals surface area contributed by atoms with Crippen LogP contribution in [0.25, 0.3) is 0 Å². The Morgan fingerprint density at radius 2 is 1.96 bits per heavy atom. The van der Waals surface area contributed by atoms with Gasteiger partial charge in [-0.2, -0.15) is 0 Å². The predicted octanol–water partition coefficient (Wildman–Crippen LogP) is 0.826. The van der Waals surface area contributed by atoms with E-state index in [-0.39, 0.29) is 48.2 Å². The number of imidazole rings is 1. The van der Waals surface area contributed by atoms with Gasteiger partial charge in [0.15, 0.2) is 5.12 Å². The first kappa shape index (κ1) is 22.0. The lowest BCUT2D eigenvalue weighted by Crippen LogP contribution is -2.24. The third-order valence-electron chi connectivity index (χ3n) is 3.91. The molecular weight excluding hydrogens is 358 g/mol. The minimum Gasteiger partial charge on any atom is -0.481 e. The fourth-order valence-electron chi connectivity index (χ4n) is 2.48. The highest BCUT2D eigenvalue weighted by Crippen LogP contribution is 2.23. The minimum atomic E-state index is -1.11. The van der Waals surface area contributed by atoms with Gasteiger partial charge in [0.05, 0.1) is 12.2 Å². The van der Waals surface area contributed by atoms with E-state index >= 15 is 0 Å². The van der Waals surface area contributed by atoms with Gasteiger partial charge in [0.2, 0.25) is 0 Å². The summed E-state index contributed by atoms with van der Waals surface area (Å²) in [5.41, 5.74) is 6.21. The summed E-state index contributed by atoms with van der Waals surface area (Å²) in [6.07, 6.45) is 3.71. The van der Waals surface area contributed by atoms with Crippen LogP contribution in [0.2, 0.25) is 0 Å². The first-order valence-electron chi connectivity index (χ1n) is 8.30. The number of aromatic nitrogens is 2. The van der Waals surface area contributed by atoms with E-state index in [1.807, 2.05) is 0 Å². The zero-order valence-corrected chi connectivity index (χ0v) is 15.8. The van der Waals surface area contributed by atoms with Crippen molar-refractivity contribution >= 4 is 34.4 Å². The van der Waals surface area contributed by atoms with E-state index in [4.69, 9.17) is 5.73 Å². The van der Waals surface area contributed by atoms with Crippen molar-refractivity contribution < 1.29 is 24.3 Å². The van der Waals surface area contributed by atoms with Crippen LogP contribution in [0.5, 0.6) is 0 Å². The number of carboxylic acids is 1. The van der Waals surface area contributed by atoms with Crippen LogP contribution in [-0.2, 0) is 32.6 Å². The van der Waals surface area contributed by atoms with Crippen LogP contribution in [0.3, 0.4) is 0 Å². The summed E-state index contributed by atoms with van der Waals surface area (Å²) in [5, 5.41) is 8.92. The van der Waals surface area contributed by atoms with E-state index in [1.165, 1.54) is 6.92 Å². The lowest BCUT2D eigenvalue weighted by molar-refractivity contribution is -0.142. The maximum absolute atomic E-state index is 12.6. The molecule has 0 aliphatic heterocycles. The Bertz CT molecular complexity index is 659. The van der Waals surface area contributed by atoms with Gasteiger partial charge in [-0.25, -0.2) is 4.98 Å². The van der Waals surface area contributed by atoms with E-state index in [0.717, 1.165) is 17.5 Å². The van der Waals surface area contributed by atoms with Crippen LogP contribution < -0.4 is 5.73 Å². The molecule has 0 aliphatic rings. The van der Waals surface area contributed by atoms with Crippen molar-refractivity contribution in [3.63, 3.8) is 0 Å². The van der Waals surface area contributed by atoms with E-state index in [9.17, 15) is 24.3 Å². The summed E-state index contributed by atoms with van der Waals surface area (Å²) < 4.78 is 1.77. The van der Waals surface area contributed by atoms with Gasteiger partial charge in [-0.05, 0) is 13.5 Å². The molecule has 3 N–H and O–H groups in total. The predicted molar refractivity (Wildman–Crippen MR) is 97.6 cm³/mol. The second-order valence-electron chi connectivity index (χ2n) is 6.25. The van der Waals surface area contributed by atoms with E-state index in [2.05, 4.69) is 4.98 Å². The van der Waals surface area contributed by atoms with Crippen molar-refractivity contribution in [2.45, 2.75) is 32.6 Å². The Morgan fingerprint density at radius 3 is 2.46 bits per heavy atom. The summed E-state index contributed by atoms with van der Waals surface area (Å²) in [5.74, 6) is -2.95. The van der Waals surface area contributed by atoms with Gasteiger partial charge in [0, 0.05) is 56.3 Å². The molecule has 1 rings (SSSR count). The van der Waals surface area contributed by atoms with E-state index < -0.39 is 17.8 Å². The number of rotatable bonds is 12. The second kappa shape index (κ2) is 10.9. The zero-order chi connectivity index (χ0) is 19.7. The largest absolute Gasteiger partial charge is 0.481 e. The lowest BCUT2D eigenvalue weighted by Gasteiger charge is -2.16. The molecule has 0 aromatic carbocycles. The highest BCUT2D eigenvalue weighted by molar-refractivity contribution is 8.13. The smallest absolute Gasteiger partial charge is 0.307 e. The normalized spacial score (nSPS) is 13.2. The fraction of sp³-hybridized carbons (Fsp3) is 0.588. The molecule has 1 heterocycles. The summed E-state index contributed by atoms with van der Waals surface area (Å²) >= 11 is 0.866. The molecule has 2 atom stereocenters. The van der Waals surface area contributed by atoms with Crippen molar-refractivity contribution in [3.8, 4) is 0 Å². The lowest BCUT2D eigenvalue weighted by atomic mass is 9.97. The molecule has 0 aliphatic carbocycles. The molecule has 0 radical (unpaired) electrons. The maximum atomic E-state index is 12.6. The van der Waals surface area contributed by atoms with E-state index in [1.54, 1.807) is 24.1 Å². The van der Waals surface area contributed by atoms with Crippen molar-refractivity contribution in [3.05, 3.63) is 18.2 Å². The van der Waals surface area contributed by atoms with Crippen molar-refractivity contribution in [1.82, 2.24) is 9.55 Å². The number of aryl methyl sites for hydroxylation is 1. The Hall–Kier alpha value is -2.00. The number of thioether (sulfide) groups is 1. The first-order valence-corrected chi connectivity index (χ1v) is 9.29. The van der Waals surface area contributed by atoms with Crippen molar-refractivity contribution in [2.75, 3.05) is 12.3 Å². The number of nitrogens with two attached hydrogens (primary N) is 1. The number of hydrogen-bond acceptors (Lipinski definition) is 7. The van der Waals surface area contributed by atoms with Gasteiger partial charge in [-0.3, -0.25) is 14.4 Å². The molecule has 0 fully saturated rings. The van der Waals surface area contributed by atoms with Crippen LogP contribution >= 0.6 is 11.8 Å². The summed E-state index contributed by atoms with van der Waals surface area (Å²) in [4.78, 5) is 51.0. The number of carbonyl (C=O) groups is 4. The summed E-state index contributed by atoms with van der Waals surface area (Å²) in [6.45, 7) is 1.54. The van der Waals surface area contributed by atoms with Gasteiger partial charge in [-0.1, -0.05) is 11.8 Å². The summed E-state index contributed by atoms with van der Waals surface area (Å²) in [6, 6.07) is 0. The monoisotopic (exact) mass is 383 g/mol. The van der Waals surface area contributed by atoms with Crippen LogP contribution in [-0.4, -0.2) is 49.6 Å². The SMILES string of the molecule is CC(=O)CC(CSC(=O)[C@@H](CC(=O)CCN)Cc1cncn1C)C(=O)O.